The van der Waals surface area contributed by atoms with Gasteiger partial charge in [-0.1, -0.05) is 12.1 Å². The normalized spacial score (nSPS) is 33.2. The van der Waals surface area contributed by atoms with Gasteiger partial charge in [-0.25, -0.2) is 0 Å². The third-order valence-corrected chi connectivity index (χ3v) is 5.20. The van der Waals surface area contributed by atoms with Crippen LogP contribution in [0.2, 0.25) is 0 Å². The maximum absolute atomic E-state index is 5.58. The molecule has 3 heterocycles. The van der Waals surface area contributed by atoms with Crippen LogP contribution in [-0.4, -0.2) is 37.2 Å². The first kappa shape index (κ1) is 11.7. The number of nitrogens with zero attached hydrogens (tertiary/aromatic N) is 1. The predicted octanol–water partition coefficient (Wildman–Crippen LogP) is 1.66. The molecular weight excluding hydrogens is 236 g/mol. The third-order valence-electron chi connectivity index (χ3n) is 5.20. The Morgan fingerprint density at radius 2 is 2.32 bits per heavy atom. The first-order valence-electron chi connectivity index (χ1n) is 7.50. The van der Waals surface area contributed by atoms with E-state index < -0.39 is 0 Å². The molecule has 4 rings (SSSR count). The average Bonchev–Trinajstić information content (AvgIpc) is 3.09. The van der Waals surface area contributed by atoms with E-state index in [-0.39, 0.29) is 0 Å². The molecule has 2 saturated heterocycles. The quantitative estimate of drug-likeness (QED) is 0.873. The number of hydrogen-bond acceptors (Lipinski definition) is 3. The molecule has 0 spiro atoms. The molecular formula is C16H22N2O. The topological polar surface area (TPSA) is 24.5 Å². The maximum atomic E-state index is 5.58. The second-order valence-electron chi connectivity index (χ2n) is 6.29. The van der Waals surface area contributed by atoms with Crippen LogP contribution in [0.1, 0.15) is 18.1 Å². The van der Waals surface area contributed by atoms with Crippen molar-refractivity contribution >= 4 is 0 Å². The van der Waals surface area contributed by atoms with Gasteiger partial charge in [0.1, 0.15) is 5.75 Å². The van der Waals surface area contributed by atoms with E-state index in [2.05, 4.69) is 35.3 Å². The predicted molar refractivity (Wildman–Crippen MR) is 75.4 cm³/mol. The van der Waals surface area contributed by atoms with E-state index in [4.69, 9.17) is 4.74 Å². The lowest BCUT2D eigenvalue weighted by Gasteiger charge is -2.24. The molecule has 0 amide bonds. The summed E-state index contributed by atoms with van der Waals surface area (Å²) in [5.74, 6) is 2.82. The van der Waals surface area contributed by atoms with Crippen molar-refractivity contribution in [2.75, 3.05) is 26.2 Å². The molecule has 1 aromatic carbocycles. The fourth-order valence-corrected chi connectivity index (χ4v) is 4.04. The van der Waals surface area contributed by atoms with E-state index in [0.29, 0.717) is 6.04 Å². The lowest BCUT2D eigenvalue weighted by molar-refractivity contribution is 0.231. The Hall–Kier alpha value is -1.06. The van der Waals surface area contributed by atoms with E-state index in [1.807, 2.05) is 0 Å². The molecule has 3 aliphatic heterocycles. The van der Waals surface area contributed by atoms with Gasteiger partial charge < -0.3 is 10.1 Å². The fraction of sp³-hybridized carbons (Fsp3) is 0.625. The summed E-state index contributed by atoms with van der Waals surface area (Å²) < 4.78 is 5.58. The molecule has 0 aliphatic carbocycles. The van der Waals surface area contributed by atoms with Crippen molar-refractivity contribution in [1.82, 2.24) is 10.2 Å². The number of fused-ring (bicyclic) bond motifs is 2. The van der Waals surface area contributed by atoms with E-state index in [1.165, 1.54) is 30.8 Å². The Morgan fingerprint density at radius 3 is 3.21 bits per heavy atom. The second kappa shape index (κ2) is 4.50. The summed E-state index contributed by atoms with van der Waals surface area (Å²) in [4.78, 5) is 2.66. The Kier molecular flexibility index (Phi) is 2.78. The van der Waals surface area contributed by atoms with Crippen molar-refractivity contribution in [2.45, 2.75) is 25.9 Å². The van der Waals surface area contributed by atoms with Crippen molar-refractivity contribution < 1.29 is 4.74 Å². The van der Waals surface area contributed by atoms with Gasteiger partial charge in [0.15, 0.2) is 0 Å². The third kappa shape index (κ3) is 1.96. The lowest BCUT2D eigenvalue weighted by Crippen LogP contribution is -2.32. The highest BCUT2D eigenvalue weighted by Gasteiger charge is 2.41. The van der Waals surface area contributed by atoms with E-state index >= 15 is 0 Å². The van der Waals surface area contributed by atoms with Gasteiger partial charge in [-0.2, -0.15) is 0 Å². The highest BCUT2D eigenvalue weighted by molar-refractivity contribution is 5.39. The lowest BCUT2D eigenvalue weighted by atomic mass is 9.95. The number of benzene rings is 1. The van der Waals surface area contributed by atoms with Crippen LogP contribution in [0.25, 0.3) is 0 Å². The summed E-state index contributed by atoms with van der Waals surface area (Å²) in [5.41, 5.74) is 2.84. The molecule has 0 bridgehead atoms. The van der Waals surface area contributed by atoms with Gasteiger partial charge in [-0.05, 0) is 49.0 Å². The SMILES string of the molecule is CC1C2CNCC2CN1Cc1ccc2c(c1)CCO2. The van der Waals surface area contributed by atoms with Gasteiger partial charge in [-0.3, -0.25) is 4.90 Å². The van der Waals surface area contributed by atoms with Gasteiger partial charge in [0, 0.05) is 25.6 Å². The van der Waals surface area contributed by atoms with Gasteiger partial charge >= 0.3 is 0 Å². The smallest absolute Gasteiger partial charge is 0.122 e. The van der Waals surface area contributed by atoms with Crippen LogP contribution in [0.15, 0.2) is 18.2 Å². The molecule has 3 unspecified atom stereocenters. The summed E-state index contributed by atoms with van der Waals surface area (Å²) in [6.07, 6.45) is 1.08. The Labute approximate surface area is 114 Å². The monoisotopic (exact) mass is 258 g/mol. The Morgan fingerprint density at radius 1 is 1.37 bits per heavy atom. The molecule has 0 saturated carbocycles. The minimum absolute atomic E-state index is 0.713. The van der Waals surface area contributed by atoms with Crippen molar-refractivity contribution in [3.63, 3.8) is 0 Å². The largest absolute Gasteiger partial charge is 0.493 e. The zero-order valence-corrected chi connectivity index (χ0v) is 11.6. The van der Waals surface area contributed by atoms with Gasteiger partial charge in [-0.15, -0.1) is 0 Å². The molecule has 1 aromatic rings. The highest BCUT2D eigenvalue weighted by Crippen LogP contribution is 2.34. The molecule has 102 valence electrons. The van der Waals surface area contributed by atoms with Crippen LogP contribution in [-0.2, 0) is 13.0 Å². The molecule has 3 nitrogen and oxygen atoms in total. The zero-order chi connectivity index (χ0) is 12.8. The minimum Gasteiger partial charge on any atom is -0.493 e. The van der Waals surface area contributed by atoms with Crippen LogP contribution in [0.3, 0.4) is 0 Å². The van der Waals surface area contributed by atoms with Crippen LogP contribution >= 0.6 is 0 Å². The molecule has 0 radical (unpaired) electrons. The zero-order valence-electron chi connectivity index (χ0n) is 11.6. The van der Waals surface area contributed by atoms with Crippen molar-refractivity contribution in [3.8, 4) is 5.75 Å². The first-order valence-corrected chi connectivity index (χ1v) is 7.50. The van der Waals surface area contributed by atoms with Gasteiger partial charge in [0.2, 0.25) is 0 Å². The summed E-state index contributed by atoms with van der Waals surface area (Å²) in [6.45, 7) is 8.03. The number of rotatable bonds is 2. The van der Waals surface area contributed by atoms with Crippen molar-refractivity contribution in [2.24, 2.45) is 11.8 Å². The number of likely N-dealkylation sites (tertiary alicyclic amines) is 1. The summed E-state index contributed by atoms with van der Waals surface area (Å²) in [6, 6.07) is 7.45. The maximum Gasteiger partial charge on any atom is 0.122 e. The summed E-state index contributed by atoms with van der Waals surface area (Å²) >= 11 is 0. The van der Waals surface area contributed by atoms with E-state index in [9.17, 15) is 0 Å². The van der Waals surface area contributed by atoms with Crippen molar-refractivity contribution in [3.05, 3.63) is 29.3 Å². The highest BCUT2D eigenvalue weighted by atomic mass is 16.5. The first-order chi connectivity index (χ1) is 9.31. The molecule has 2 fully saturated rings. The molecule has 19 heavy (non-hydrogen) atoms. The standard InChI is InChI=1S/C16H22N2O/c1-11-15-8-17-7-14(15)10-18(11)9-12-2-3-16-13(6-12)4-5-19-16/h2-3,6,11,14-15,17H,4-5,7-10H2,1H3. The summed E-state index contributed by atoms with van der Waals surface area (Å²) in [5, 5.41) is 3.53. The number of hydrogen-bond donors (Lipinski definition) is 1. The Bertz CT molecular complexity index is 488. The fourth-order valence-electron chi connectivity index (χ4n) is 4.04. The van der Waals surface area contributed by atoms with Crippen LogP contribution in [0.4, 0.5) is 0 Å². The van der Waals surface area contributed by atoms with Crippen LogP contribution < -0.4 is 10.1 Å². The van der Waals surface area contributed by atoms with E-state index in [1.54, 1.807) is 0 Å². The second-order valence-corrected chi connectivity index (χ2v) is 6.29. The number of nitrogens with one attached hydrogen (secondary N) is 1. The van der Waals surface area contributed by atoms with Gasteiger partial charge in [0.05, 0.1) is 6.61 Å². The molecule has 3 heteroatoms. The van der Waals surface area contributed by atoms with Crippen molar-refractivity contribution in [1.29, 1.82) is 0 Å². The average molecular weight is 258 g/mol. The molecule has 3 atom stereocenters. The Balaban J connectivity index is 1.50. The molecule has 3 aliphatic rings. The van der Waals surface area contributed by atoms with Gasteiger partial charge in [0.25, 0.3) is 0 Å². The molecule has 0 aromatic heterocycles. The van der Waals surface area contributed by atoms with Crippen LogP contribution in [0, 0.1) is 11.8 Å². The van der Waals surface area contributed by atoms with Crippen LogP contribution in [0.5, 0.6) is 5.75 Å². The molecule has 1 N–H and O–H groups in total. The number of ether oxygens (including phenoxy) is 1. The van der Waals surface area contributed by atoms with E-state index in [0.717, 1.165) is 37.2 Å². The minimum atomic E-state index is 0.713. The summed E-state index contributed by atoms with van der Waals surface area (Å²) in [7, 11) is 0.